The van der Waals surface area contributed by atoms with Crippen LogP contribution in [0.25, 0.3) is 11.4 Å². The van der Waals surface area contributed by atoms with Crippen LogP contribution in [-0.4, -0.2) is 16.2 Å². The third-order valence-corrected chi connectivity index (χ3v) is 2.83. The molecule has 1 N–H and O–H groups in total. The molecule has 4 nitrogen and oxygen atoms in total. The van der Waals surface area contributed by atoms with Gasteiger partial charge in [-0.3, -0.25) is 0 Å². The van der Waals surface area contributed by atoms with E-state index in [1.165, 1.54) is 0 Å². The summed E-state index contributed by atoms with van der Waals surface area (Å²) in [6.45, 7) is 0.407. The maximum Gasteiger partial charge on any atom is 0.240 e. The fourth-order valence-electron chi connectivity index (χ4n) is 1.65. The molecular weight excluding hydrogens is 259 g/mol. The maximum absolute atomic E-state index is 13.1. The van der Waals surface area contributed by atoms with Gasteiger partial charge in [0.2, 0.25) is 11.7 Å². The van der Waals surface area contributed by atoms with Gasteiger partial charge < -0.3 is 9.84 Å². The molecule has 0 aliphatic heterocycles. The van der Waals surface area contributed by atoms with E-state index in [0.29, 0.717) is 18.5 Å². The van der Waals surface area contributed by atoms with Crippen molar-refractivity contribution in [2.45, 2.75) is 25.4 Å². The van der Waals surface area contributed by atoms with Gasteiger partial charge in [-0.25, -0.2) is 13.2 Å². The molecule has 1 aromatic heterocycles. The maximum atomic E-state index is 13.1. The summed E-state index contributed by atoms with van der Waals surface area (Å²) in [4.78, 5) is 4.00. The van der Waals surface area contributed by atoms with Gasteiger partial charge in [0, 0.05) is 11.6 Å². The van der Waals surface area contributed by atoms with Crippen LogP contribution in [0.5, 0.6) is 0 Å². The van der Waals surface area contributed by atoms with Crippen LogP contribution in [0.15, 0.2) is 16.7 Å². The zero-order chi connectivity index (χ0) is 13.4. The molecule has 100 valence electrons. The van der Waals surface area contributed by atoms with Gasteiger partial charge in [-0.05, 0) is 25.0 Å². The third kappa shape index (κ3) is 2.60. The Bertz CT molecular complexity index is 587. The van der Waals surface area contributed by atoms with Crippen molar-refractivity contribution in [3.8, 4) is 11.4 Å². The lowest BCUT2D eigenvalue weighted by molar-refractivity contribution is 0.367. The molecule has 0 bridgehead atoms. The van der Waals surface area contributed by atoms with Crippen LogP contribution in [0.3, 0.4) is 0 Å². The number of halogens is 3. The van der Waals surface area contributed by atoms with Gasteiger partial charge in [0.1, 0.15) is 0 Å². The Morgan fingerprint density at radius 1 is 1.21 bits per heavy atom. The van der Waals surface area contributed by atoms with Gasteiger partial charge in [0.25, 0.3) is 0 Å². The average molecular weight is 269 g/mol. The van der Waals surface area contributed by atoms with E-state index >= 15 is 0 Å². The molecular formula is C12H10F3N3O. The van der Waals surface area contributed by atoms with Crippen molar-refractivity contribution >= 4 is 0 Å². The largest absolute Gasteiger partial charge is 0.338 e. The van der Waals surface area contributed by atoms with Gasteiger partial charge in [0.05, 0.1) is 6.54 Å². The van der Waals surface area contributed by atoms with E-state index in [1.54, 1.807) is 0 Å². The highest BCUT2D eigenvalue weighted by atomic mass is 19.2. The Hall–Kier alpha value is -1.89. The first-order valence-corrected chi connectivity index (χ1v) is 5.84. The summed E-state index contributed by atoms with van der Waals surface area (Å²) in [7, 11) is 0. The molecule has 2 aromatic rings. The molecule has 1 aromatic carbocycles. The van der Waals surface area contributed by atoms with Gasteiger partial charge in [-0.15, -0.1) is 0 Å². The van der Waals surface area contributed by atoms with E-state index in [9.17, 15) is 13.2 Å². The lowest BCUT2D eigenvalue weighted by Crippen LogP contribution is -2.15. The number of nitrogens with one attached hydrogen (secondary N) is 1. The van der Waals surface area contributed by atoms with Crippen LogP contribution >= 0.6 is 0 Å². The summed E-state index contributed by atoms with van der Waals surface area (Å²) in [6, 6.07) is 2.15. The normalized spacial score (nSPS) is 14.9. The number of nitrogens with zero attached hydrogens (tertiary/aromatic N) is 2. The van der Waals surface area contributed by atoms with Crippen LogP contribution in [0.1, 0.15) is 18.7 Å². The van der Waals surface area contributed by atoms with Crippen molar-refractivity contribution in [1.29, 1.82) is 0 Å². The number of benzene rings is 1. The third-order valence-electron chi connectivity index (χ3n) is 2.83. The minimum atomic E-state index is -1.51. The monoisotopic (exact) mass is 269 g/mol. The summed E-state index contributed by atoms with van der Waals surface area (Å²) in [5.41, 5.74) is 0.0396. The standard InChI is InChI=1S/C12H10F3N3O/c13-8-3-6(4-9(14)11(8)15)12-17-10(19-18-12)5-16-7-1-2-7/h3-4,7,16H,1-2,5H2. The topological polar surface area (TPSA) is 51.0 Å². The molecule has 1 aliphatic carbocycles. The zero-order valence-corrected chi connectivity index (χ0v) is 9.79. The predicted molar refractivity (Wildman–Crippen MR) is 59.5 cm³/mol. The second kappa shape index (κ2) is 4.65. The van der Waals surface area contributed by atoms with E-state index < -0.39 is 17.5 Å². The average Bonchev–Trinajstić information content (AvgIpc) is 3.10. The number of aromatic nitrogens is 2. The molecule has 1 heterocycles. The number of hydrogen-bond acceptors (Lipinski definition) is 4. The fraction of sp³-hybridized carbons (Fsp3) is 0.333. The first-order valence-electron chi connectivity index (χ1n) is 5.84. The summed E-state index contributed by atoms with van der Waals surface area (Å²) in [5, 5.41) is 6.78. The van der Waals surface area contributed by atoms with Crippen LogP contribution < -0.4 is 5.32 Å². The fourth-order valence-corrected chi connectivity index (χ4v) is 1.65. The zero-order valence-electron chi connectivity index (χ0n) is 9.79. The lowest BCUT2D eigenvalue weighted by Gasteiger charge is -1.98. The first kappa shape index (κ1) is 12.2. The van der Waals surface area contributed by atoms with E-state index in [4.69, 9.17) is 4.52 Å². The minimum Gasteiger partial charge on any atom is -0.338 e. The van der Waals surface area contributed by atoms with E-state index in [1.807, 2.05) is 0 Å². The van der Waals surface area contributed by atoms with Crippen molar-refractivity contribution in [2.24, 2.45) is 0 Å². The predicted octanol–water partition coefficient (Wildman–Crippen LogP) is 2.41. The molecule has 0 radical (unpaired) electrons. The summed E-state index contributed by atoms with van der Waals surface area (Å²) < 4.78 is 43.9. The Kier molecular flexibility index (Phi) is 2.98. The van der Waals surface area contributed by atoms with Crippen molar-refractivity contribution < 1.29 is 17.7 Å². The summed E-state index contributed by atoms with van der Waals surface area (Å²) >= 11 is 0. The first-order chi connectivity index (χ1) is 9.13. The van der Waals surface area contributed by atoms with Crippen molar-refractivity contribution in [3.05, 3.63) is 35.5 Å². The van der Waals surface area contributed by atoms with Crippen molar-refractivity contribution in [2.75, 3.05) is 0 Å². The summed E-state index contributed by atoms with van der Waals surface area (Å²) in [5.74, 6) is -3.71. The van der Waals surface area contributed by atoms with E-state index in [2.05, 4.69) is 15.5 Å². The quantitative estimate of drug-likeness (QED) is 0.866. The van der Waals surface area contributed by atoms with E-state index in [-0.39, 0.29) is 11.4 Å². The molecule has 7 heteroatoms. The number of rotatable bonds is 4. The van der Waals surface area contributed by atoms with Gasteiger partial charge in [-0.1, -0.05) is 5.16 Å². The Morgan fingerprint density at radius 2 is 1.89 bits per heavy atom. The van der Waals surface area contributed by atoms with Gasteiger partial charge >= 0.3 is 0 Å². The Balaban J connectivity index is 1.81. The summed E-state index contributed by atoms with van der Waals surface area (Å²) in [6.07, 6.45) is 2.24. The molecule has 3 rings (SSSR count). The van der Waals surface area contributed by atoms with Gasteiger partial charge in [0.15, 0.2) is 17.5 Å². The molecule has 0 amide bonds. The molecule has 0 unspecified atom stereocenters. The molecule has 1 fully saturated rings. The van der Waals surface area contributed by atoms with Gasteiger partial charge in [-0.2, -0.15) is 4.98 Å². The molecule has 0 saturated heterocycles. The highest BCUT2D eigenvalue weighted by Gasteiger charge is 2.21. The second-order valence-corrected chi connectivity index (χ2v) is 4.42. The second-order valence-electron chi connectivity index (χ2n) is 4.42. The molecule has 0 atom stereocenters. The lowest BCUT2D eigenvalue weighted by atomic mass is 10.2. The molecule has 1 aliphatic rings. The molecule has 19 heavy (non-hydrogen) atoms. The smallest absolute Gasteiger partial charge is 0.240 e. The minimum absolute atomic E-state index is 0.0328. The number of hydrogen-bond donors (Lipinski definition) is 1. The molecule has 1 saturated carbocycles. The Morgan fingerprint density at radius 3 is 2.53 bits per heavy atom. The van der Waals surface area contributed by atoms with Crippen LogP contribution in [0, 0.1) is 17.5 Å². The van der Waals surface area contributed by atoms with Crippen LogP contribution in [0.2, 0.25) is 0 Å². The highest BCUT2D eigenvalue weighted by Crippen LogP contribution is 2.22. The Labute approximate surface area is 106 Å². The molecule has 0 spiro atoms. The van der Waals surface area contributed by atoms with Crippen LogP contribution in [0.4, 0.5) is 13.2 Å². The van der Waals surface area contributed by atoms with Crippen molar-refractivity contribution in [3.63, 3.8) is 0 Å². The van der Waals surface area contributed by atoms with E-state index in [0.717, 1.165) is 25.0 Å². The highest BCUT2D eigenvalue weighted by molar-refractivity contribution is 5.54. The van der Waals surface area contributed by atoms with Crippen LogP contribution in [-0.2, 0) is 6.54 Å². The van der Waals surface area contributed by atoms with Crippen molar-refractivity contribution in [1.82, 2.24) is 15.5 Å². The SMILES string of the molecule is Fc1cc(-c2noc(CNC3CC3)n2)cc(F)c1F.